The number of carbonyl (C=O) groups excluding carboxylic acids is 2. The second-order valence-electron chi connectivity index (χ2n) is 4.62. The SMILES string of the molecule is O=C(Nc1ccccc1C(=O)N1CCC1)c1cccs1. The molecule has 2 amide bonds. The minimum Gasteiger partial charge on any atom is -0.338 e. The van der Waals surface area contributed by atoms with Crippen LogP contribution in [0, 0.1) is 0 Å². The third-order valence-electron chi connectivity index (χ3n) is 3.29. The lowest BCUT2D eigenvalue weighted by Gasteiger charge is -2.31. The summed E-state index contributed by atoms with van der Waals surface area (Å²) in [6.45, 7) is 1.60. The van der Waals surface area contributed by atoms with Crippen molar-refractivity contribution in [2.24, 2.45) is 0 Å². The van der Waals surface area contributed by atoms with Crippen molar-refractivity contribution in [2.45, 2.75) is 6.42 Å². The molecule has 2 heterocycles. The Labute approximate surface area is 121 Å². The summed E-state index contributed by atoms with van der Waals surface area (Å²) in [5.74, 6) is -0.192. The second kappa shape index (κ2) is 5.46. The van der Waals surface area contributed by atoms with E-state index in [9.17, 15) is 9.59 Å². The summed E-state index contributed by atoms with van der Waals surface area (Å²) in [4.78, 5) is 26.8. The van der Waals surface area contributed by atoms with Crippen LogP contribution >= 0.6 is 11.3 Å². The molecule has 102 valence electrons. The minimum atomic E-state index is -0.177. The molecule has 2 aromatic rings. The van der Waals surface area contributed by atoms with Gasteiger partial charge in [0, 0.05) is 13.1 Å². The van der Waals surface area contributed by atoms with E-state index in [0.29, 0.717) is 16.1 Å². The zero-order valence-electron chi connectivity index (χ0n) is 10.8. The summed E-state index contributed by atoms with van der Waals surface area (Å²) in [5, 5.41) is 4.67. The number of carbonyl (C=O) groups is 2. The highest BCUT2D eigenvalue weighted by molar-refractivity contribution is 7.12. The molecule has 20 heavy (non-hydrogen) atoms. The van der Waals surface area contributed by atoms with Gasteiger partial charge in [0.15, 0.2) is 0 Å². The normalized spacial score (nSPS) is 13.7. The molecule has 1 aliphatic heterocycles. The molecule has 1 fully saturated rings. The summed E-state index contributed by atoms with van der Waals surface area (Å²) in [7, 11) is 0. The molecule has 1 aliphatic rings. The summed E-state index contributed by atoms with van der Waals surface area (Å²) < 4.78 is 0. The van der Waals surface area contributed by atoms with Crippen molar-refractivity contribution in [3.8, 4) is 0 Å². The molecule has 1 aromatic heterocycles. The fourth-order valence-corrected chi connectivity index (χ4v) is 2.68. The Morgan fingerprint density at radius 1 is 1.10 bits per heavy atom. The van der Waals surface area contributed by atoms with Gasteiger partial charge in [-0.15, -0.1) is 11.3 Å². The Morgan fingerprint density at radius 2 is 1.90 bits per heavy atom. The maximum atomic E-state index is 12.3. The first-order valence-electron chi connectivity index (χ1n) is 6.49. The highest BCUT2D eigenvalue weighted by atomic mass is 32.1. The van der Waals surface area contributed by atoms with Crippen LogP contribution in [0.3, 0.4) is 0 Å². The number of nitrogens with one attached hydrogen (secondary N) is 1. The second-order valence-corrected chi connectivity index (χ2v) is 5.57. The van der Waals surface area contributed by atoms with E-state index in [2.05, 4.69) is 5.32 Å². The molecule has 0 bridgehead atoms. The van der Waals surface area contributed by atoms with E-state index in [1.807, 2.05) is 23.6 Å². The van der Waals surface area contributed by atoms with Crippen LogP contribution in [-0.4, -0.2) is 29.8 Å². The van der Waals surface area contributed by atoms with Gasteiger partial charge in [-0.1, -0.05) is 18.2 Å². The van der Waals surface area contributed by atoms with Gasteiger partial charge in [0.1, 0.15) is 0 Å². The Hall–Kier alpha value is -2.14. The molecule has 0 aliphatic carbocycles. The number of nitrogens with zero attached hydrogens (tertiary/aromatic N) is 1. The topological polar surface area (TPSA) is 49.4 Å². The van der Waals surface area contributed by atoms with E-state index in [4.69, 9.17) is 0 Å². The molecular weight excluding hydrogens is 272 g/mol. The van der Waals surface area contributed by atoms with Crippen LogP contribution in [0.5, 0.6) is 0 Å². The Morgan fingerprint density at radius 3 is 2.55 bits per heavy atom. The monoisotopic (exact) mass is 286 g/mol. The number of anilines is 1. The van der Waals surface area contributed by atoms with Gasteiger partial charge < -0.3 is 10.2 Å². The van der Waals surface area contributed by atoms with Gasteiger partial charge in [0.05, 0.1) is 16.1 Å². The molecule has 1 saturated heterocycles. The lowest BCUT2D eigenvalue weighted by Crippen LogP contribution is -2.42. The van der Waals surface area contributed by atoms with Crippen LogP contribution in [0.15, 0.2) is 41.8 Å². The van der Waals surface area contributed by atoms with Crippen molar-refractivity contribution >= 4 is 28.8 Å². The fraction of sp³-hybridized carbons (Fsp3) is 0.200. The standard InChI is InChI=1S/C15H14N2O2S/c18-14(13-7-3-10-20-13)16-12-6-2-1-5-11(12)15(19)17-8-4-9-17/h1-3,5-7,10H,4,8-9H2,(H,16,18). The van der Waals surface area contributed by atoms with Crippen molar-refractivity contribution in [3.05, 3.63) is 52.2 Å². The maximum Gasteiger partial charge on any atom is 0.265 e. The van der Waals surface area contributed by atoms with Gasteiger partial charge in [-0.2, -0.15) is 0 Å². The molecule has 0 radical (unpaired) electrons. The number of thiophene rings is 1. The van der Waals surface area contributed by atoms with Crippen LogP contribution in [0.25, 0.3) is 0 Å². The zero-order chi connectivity index (χ0) is 13.9. The van der Waals surface area contributed by atoms with E-state index >= 15 is 0 Å². The summed E-state index contributed by atoms with van der Waals surface area (Å²) in [5.41, 5.74) is 1.12. The number of benzene rings is 1. The van der Waals surface area contributed by atoms with Crippen molar-refractivity contribution in [1.82, 2.24) is 4.90 Å². The summed E-state index contributed by atoms with van der Waals surface area (Å²) in [6, 6.07) is 10.7. The van der Waals surface area contributed by atoms with Crippen molar-refractivity contribution < 1.29 is 9.59 Å². The van der Waals surface area contributed by atoms with E-state index in [1.54, 1.807) is 23.1 Å². The first kappa shape index (κ1) is 12.9. The predicted octanol–water partition coefficient (Wildman–Crippen LogP) is 2.85. The third-order valence-corrected chi connectivity index (χ3v) is 4.16. The molecule has 0 unspecified atom stereocenters. The fourth-order valence-electron chi connectivity index (χ4n) is 2.06. The molecule has 0 atom stereocenters. The highest BCUT2D eigenvalue weighted by Gasteiger charge is 2.24. The average molecular weight is 286 g/mol. The Bertz CT molecular complexity index is 633. The number of hydrogen-bond donors (Lipinski definition) is 1. The van der Waals surface area contributed by atoms with Gasteiger partial charge in [-0.3, -0.25) is 9.59 Å². The summed E-state index contributed by atoms with van der Waals surface area (Å²) >= 11 is 1.38. The molecule has 1 aromatic carbocycles. The number of para-hydroxylation sites is 1. The van der Waals surface area contributed by atoms with Crippen molar-refractivity contribution in [3.63, 3.8) is 0 Å². The quantitative estimate of drug-likeness (QED) is 0.943. The van der Waals surface area contributed by atoms with E-state index in [-0.39, 0.29) is 11.8 Å². The number of hydrogen-bond acceptors (Lipinski definition) is 3. The third kappa shape index (κ3) is 2.44. The highest BCUT2D eigenvalue weighted by Crippen LogP contribution is 2.21. The summed E-state index contributed by atoms with van der Waals surface area (Å²) in [6.07, 6.45) is 1.05. The van der Waals surface area contributed by atoms with Crippen LogP contribution in [0.2, 0.25) is 0 Å². The van der Waals surface area contributed by atoms with Gasteiger partial charge in [-0.05, 0) is 30.0 Å². The van der Waals surface area contributed by atoms with Gasteiger partial charge in [-0.25, -0.2) is 0 Å². The maximum absolute atomic E-state index is 12.3. The van der Waals surface area contributed by atoms with E-state index in [1.165, 1.54) is 11.3 Å². The molecule has 0 spiro atoms. The van der Waals surface area contributed by atoms with Gasteiger partial charge >= 0.3 is 0 Å². The van der Waals surface area contributed by atoms with Crippen LogP contribution in [0.1, 0.15) is 26.5 Å². The Kier molecular flexibility index (Phi) is 3.52. The van der Waals surface area contributed by atoms with Gasteiger partial charge in [0.2, 0.25) is 0 Å². The van der Waals surface area contributed by atoms with Crippen molar-refractivity contribution in [1.29, 1.82) is 0 Å². The number of likely N-dealkylation sites (tertiary alicyclic amines) is 1. The largest absolute Gasteiger partial charge is 0.338 e. The Balaban J connectivity index is 1.82. The van der Waals surface area contributed by atoms with Crippen LogP contribution < -0.4 is 5.32 Å². The molecule has 5 heteroatoms. The molecule has 1 N–H and O–H groups in total. The lowest BCUT2D eigenvalue weighted by atomic mass is 10.1. The predicted molar refractivity (Wildman–Crippen MR) is 79.2 cm³/mol. The van der Waals surface area contributed by atoms with E-state index in [0.717, 1.165) is 19.5 Å². The molecule has 0 saturated carbocycles. The van der Waals surface area contributed by atoms with Crippen molar-refractivity contribution in [2.75, 3.05) is 18.4 Å². The smallest absolute Gasteiger partial charge is 0.265 e. The lowest BCUT2D eigenvalue weighted by molar-refractivity contribution is 0.0653. The average Bonchev–Trinajstić information content (AvgIpc) is 2.91. The molecule has 4 nitrogen and oxygen atoms in total. The first-order valence-corrected chi connectivity index (χ1v) is 7.37. The van der Waals surface area contributed by atoms with Crippen LogP contribution in [0.4, 0.5) is 5.69 Å². The van der Waals surface area contributed by atoms with Crippen LogP contribution in [-0.2, 0) is 0 Å². The number of rotatable bonds is 3. The minimum absolute atomic E-state index is 0.0154. The number of amides is 2. The molecular formula is C15H14N2O2S. The van der Waals surface area contributed by atoms with Gasteiger partial charge in [0.25, 0.3) is 11.8 Å². The first-order chi connectivity index (χ1) is 9.75. The van der Waals surface area contributed by atoms with E-state index < -0.39 is 0 Å². The zero-order valence-corrected chi connectivity index (χ0v) is 11.7. The molecule has 3 rings (SSSR count).